The molecule has 0 atom stereocenters. The normalized spacial score (nSPS) is 9.59. The Labute approximate surface area is 192 Å². The SMILES string of the molecule is Nc1ccccc1-c1ccccc1.Nc1ccccc1-c1ccccc1.[Br][Ni][Br]. The standard InChI is InChI=1S/2C12H11N.2BrH.Ni/c2*13-12-9-5-4-8-11(12)10-6-2-1-3-7-10;;;/h2*1-9H,13H2;2*1H;/q;;;;+2/p-2. The van der Waals surface area contributed by atoms with Crippen LogP contribution in [-0.2, 0) is 10.9 Å². The zero-order chi connectivity index (χ0) is 20.9. The molecule has 2 nitrogen and oxygen atoms in total. The summed E-state index contributed by atoms with van der Waals surface area (Å²) in [5.74, 6) is 0. The van der Waals surface area contributed by atoms with Gasteiger partial charge in [-0.15, -0.1) is 0 Å². The third-order valence-corrected chi connectivity index (χ3v) is 4.09. The van der Waals surface area contributed by atoms with Crippen LogP contribution >= 0.6 is 28.5 Å². The zero-order valence-corrected chi connectivity index (χ0v) is 19.8. The number of anilines is 2. The van der Waals surface area contributed by atoms with Crippen molar-refractivity contribution in [2.45, 2.75) is 0 Å². The van der Waals surface area contributed by atoms with Crippen LogP contribution in [0, 0.1) is 0 Å². The Morgan fingerprint density at radius 2 is 0.724 bits per heavy atom. The van der Waals surface area contributed by atoms with E-state index in [-0.39, 0.29) is 0 Å². The van der Waals surface area contributed by atoms with Gasteiger partial charge in [-0.2, -0.15) is 0 Å². The predicted octanol–water partition coefficient (Wildman–Crippen LogP) is 7.56. The molecule has 4 N–H and O–H groups in total. The number of para-hydroxylation sites is 2. The Bertz CT molecular complexity index is 899. The van der Waals surface area contributed by atoms with Crippen LogP contribution in [0.3, 0.4) is 0 Å². The van der Waals surface area contributed by atoms with Crippen LogP contribution in [0.5, 0.6) is 0 Å². The summed E-state index contributed by atoms with van der Waals surface area (Å²) in [7, 11) is 1.25. The summed E-state index contributed by atoms with van der Waals surface area (Å²) in [5.41, 5.74) is 17.9. The van der Waals surface area contributed by atoms with Crippen molar-refractivity contribution < 1.29 is 10.9 Å². The van der Waals surface area contributed by atoms with E-state index in [0.29, 0.717) is 0 Å². The Kier molecular flexibility index (Phi) is 10.6. The fourth-order valence-corrected chi connectivity index (χ4v) is 2.76. The van der Waals surface area contributed by atoms with Gasteiger partial charge in [-0.1, -0.05) is 97.1 Å². The molecule has 0 fully saturated rings. The Balaban J connectivity index is 0.000000183. The number of halogens is 2. The van der Waals surface area contributed by atoms with Crippen molar-refractivity contribution in [2.24, 2.45) is 0 Å². The van der Waals surface area contributed by atoms with Gasteiger partial charge in [0.1, 0.15) is 0 Å². The molecule has 0 spiro atoms. The van der Waals surface area contributed by atoms with Gasteiger partial charge < -0.3 is 11.5 Å². The second-order valence-electron chi connectivity index (χ2n) is 5.95. The molecule has 152 valence electrons. The second-order valence-corrected chi connectivity index (χ2v) is 10.9. The first-order chi connectivity index (χ1) is 14.2. The third-order valence-electron chi connectivity index (χ3n) is 4.09. The number of hydrogen-bond donors (Lipinski definition) is 2. The molecule has 4 aromatic carbocycles. The minimum atomic E-state index is 0.828. The average Bonchev–Trinajstić information content (AvgIpc) is 2.77. The van der Waals surface area contributed by atoms with Crippen LogP contribution in [0.2, 0.25) is 0 Å². The molecule has 0 saturated carbocycles. The van der Waals surface area contributed by atoms with Gasteiger partial charge >= 0.3 is 39.3 Å². The van der Waals surface area contributed by atoms with Gasteiger partial charge in [0.15, 0.2) is 0 Å². The summed E-state index contributed by atoms with van der Waals surface area (Å²) in [5, 5.41) is 0. The predicted molar refractivity (Wildman–Crippen MR) is 130 cm³/mol. The fourth-order valence-electron chi connectivity index (χ4n) is 2.76. The van der Waals surface area contributed by atoms with Crippen LogP contribution < -0.4 is 11.5 Å². The summed E-state index contributed by atoms with van der Waals surface area (Å²) in [6.45, 7) is 0. The molecule has 0 saturated heterocycles. The fraction of sp³-hybridized carbons (Fsp3) is 0. The Morgan fingerprint density at radius 3 is 1.03 bits per heavy atom. The molecule has 5 heteroatoms. The summed E-state index contributed by atoms with van der Waals surface area (Å²) in [4.78, 5) is 0. The van der Waals surface area contributed by atoms with Crippen molar-refractivity contribution in [1.82, 2.24) is 0 Å². The number of hydrogen-bond acceptors (Lipinski definition) is 2. The minimum absolute atomic E-state index is 0.828. The molecular weight excluding hydrogens is 535 g/mol. The van der Waals surface area contributed by atoms with E-state index in [4.69, 9.17) is 11.5 Å². The summed E-state index contributed by atoms with van der Waals surface area (Å²) in [6.07, 6.45) is 0. The Morgan fingerprint density at radius 1 is 0.448 bits per heavy atom. The molecule has 4 rings (SSSR count). The maximum atomic E-state index is 5.85. The molecule has 0 aromatic heterocycles. The van der Waals surface area contributed by atoms with Gasteiger partial charge in [-0.25, -0.2) is 0 Å². The summed E-state index contributed by atoms with van der Waals surface area (Å²) < 4.78 is 0. The second kappa shape index (κ2) is 13.2. The summed E-state index contributed by atoms with van der Waals surface area (Å²) >= 11 is 6.00. The molecular formula is C24H22Br2N2Ni. The molecule has 0 aliphatic heterocycles. The summed E-state index contributed by atoms with van der Waals surface area (Å²) in [6, 6.07) is 36.1. The third kappa shape index (κ3) is 7.70. The van der Waals surface area contributed by atoms with Crippen molar-refractivity contribution in [3.8, 4) is 22.3 Å². The first-order valence-corrected chi connectivity index (χ1v) is 13.7. The van der Waals surface area contributed by atoms with E-state index in [1.165, 1.54) is 22.0 Å². The maximum absolute atomic E-state index is 5.85. The van der Waals surface area contributed by atoms with Crippen LogP contribution in [-0.4, -0.2) is 0 Å². The van der Waals surface area contributed by atoms with Crippen molar-refractivity contribution in [3.63, 3.8) is 0 Å². The van der Waals surface area contributed by atoms with Crippen molar-refractivity contribution in [3.05, 3.63) is 109 Å². The van der Waals surface area contributed by atoms with Crippen LogP contribution in [0.15, 0.2) is 109 Å². The van der Waals surface area contributed by atoms with Gasteiger partial charge in [0, 0.05) is 22.5 Å². The van der Waals surface area contributed by atoms with Crippen molar-refractivity contribution in [2.75, 3.05) is 11.5 Å². The van der Waals surface area contributed by atoms with Gasteiger partial charge in [-0.3, -0.25) is 0 Å². The number of nitrogen functional groups attached to an aromatic ring is 2. The number of rotatable bonds is 2. The molecule has 0 unspecified atom stereocenters. The first kappa shape index (κ1) is 23.2. The molecule has 0 bridgehead atoms. The molecule has 29 heavy (non-hydrogen) atoms. The quantitative estimate of drug-likeness (QED) is 0.198. The van der Waals surface area contributed by atoms with E-state index < -0.39 is 0 Å². The first-order valence-electron chi connectivity index (χ1n) is 8.79. The van der Waals surface area contributed by atoms with E-state index >= 15 is 0 Å². The number of nitrogens with two attached hydrogens (primary N) is 2. The van der Waals surface area contributed by atoms with Gasteiger partial charge in [-0.05, 0) is 23.3 Å². The molecule has 0 radical (unpaired) electrons. The van der Waals surface area contributed by atoms with Gasteiger partial charge in [0.25, 0.3) is 0 Å². The van der Waals surface area contributed by atoms with E-state index in [9.17, 15) is 0 Å². The zero-order valence-electron chi connectivity index (χ0n) is 15.6. The monoisotopic (exact) mass is 554 g/mol. The van der Waals surface area contributed by atoms with Crippen LogP contribution in [0.1, 0.15) is 0 Å². The number of benzene rings is 4. The van der Waals surface area contributed by atoms with Crippen molar-refractivity contribution in [1.29, 1.82) is 0 Å². The van der Waals surface area contributed by atoms with Crippen LogP contribution in [0.25, 0.3) is 22.3 Å². The Hall–Kier alpha value is -2.07. The molecule has 0 amide bonds. The van der Waals surface area contributed by atoms with Crippen molar-refractivity contribution >= 4 is 39.8 Å². The molecule has 0 aliphatic carbocycles. The van der Waals surface area contributed by atoms with E-state index in [1.54, 1.807) is 0 Å². The topological polar surface area (TPSA) is 52.0 Å². The van der Waals surface area contributed by atoms with E-state index in [0.717, 1.165) is 22.5 Å². The molecule has 4 aromatic rings. The van der Waals surface area contributed by atoms with E-state index in [2.05, 4.69) is 52.7 Å². The van der Waals surface area contributed by atoms with Gasteiger partial charge in [0.2, 0.25) is 0 Å². The van der Waals surface area contributed by atoms with Gasteiger partial charge in [0.05, 0.1) is 0 Å². The molecule has 0 heterocycles. The van der Waals surface area contributed by atoms with E-state index in [1.807, 2.05) is 84.9 Å². The van der Waals surface area contributed by atoms with Crippen LogP contribution in [0.4, 0.5) is 11.4 Å². The molecule has 0 aliphatic rings. The average molecular weight is 557 g/mol.